The lowest BCUT2D eigenvalue weighted by Gasteiger charge is -2.29. The van der Waals surface area contributed by atoms with E-state index in [1.807, 2.05) is 61.5 Å². The Hall–Kier alpha value is -1.65. The first-order chi connectivity index (χ1) is 10.0. The van der Waals surface area contributed by atoms with Gasteiger partial charge in [-0.2, -0.15) is 0 Å². The molecule has 4 heteroatoms. The average molecular weight is 348 g/mol. The molecular formula is C17H18BrNO2. The normalized spacial score (nSPS) is 13.5. The Morgan fingerprint density at radius 2 is 1.76 bits per heavy atom. The summed E-state index contributed by atoms with van der Waals surface area (Å²) in [6.45, 7) is 1.67. The van der Waals surface area contributed by atoms with E-state index in [4.69, 9.17) is 0 Å². The number of benzene rings is 2. The molecular weight excluding hydrogens is 330 g/mol. The fraction of sp³-hybridized carbons (Fsp3) is 0.235. The number of aliphatic hydroxyl groups is 1. The van der Waals surface area contributed by atoms with Gasteiger partial charge in [0.1, 0.15) is 0 Å². The van der Waals surface area contributed by atoms with Gasteiger partial charge in [-0.15, -0.1) is 0 Å². The predicted octanol–water partition coefficient (Wildman–Crippen LogP) is 3.02. The monoisotopic (exact) mass is 347 g/mol. The first kappa shape index (κ1) is 15.7. The number of amides is 1. The summed E-state index contributed by atoms with van der Waals surface area (Å²) >= 11 is 3.37. The van der Waals surface area contributed by atoms with E-state index in [9.17, 15) is 9.90 Å². The maximum absolute atomic E-state index is 12.2. The van der Waals surface area contributed by atoms with Crippen molar-refractivity contribution >= 4 is 21.8 Å². The lowest BCUT2D eigenvalue weighted by atomic mass is 9.92. The molecule has 0 radical (unpaired) electrons. The van der Waals surface area contributed by atoms with E-state index in [2.05, 4.69) is 21.2 Å². The van der Waals surface area contributed by atoms with E-state index in [0.29, 0.717) is 0 Å². The van der Waals surface area contributed by atoms with E-state index >= 15 is 0 Å². The average Bonchev–Trinajstić information content (AvgIpc) is 2.50. The number of hydrogen-bond acceptors (Lipinski definition) is 2. The van der Waals surface area contributed by atoms with Crippen LogP contribution in [0.4, 0.5) is 0 Å². The minimum Gasteiger partial charge on any atom is -0.394 e. The van der Waals surface area contributed by atoms with Crippen molar-refractivity contribution in [2.24, 2.45) is 0 Å². The van der Waals surface area contributed by atoms with Gasteiger partial charge in [0.2, 0.25) is 5.91 Å². The van der Waals surface area contributed by atoms with Crippen LogP contribution >= 0.6 is 15.9 Å². The molecule has 0 saturated heterocycles. The molecule has 2 aromatic carbocycles. The smallest absolute Gasteiger partial charge is 0.225 e. The second-order valence-corrected chi connectivity index (χ2v) is 6.12. The molecule has 0 bridgehead atoms. The number of hydrogen-bond donors (Lipinski definition) is 2. The Kier molecular flexibility index (Phi) is 5.15. The van der Waals surface area contributed by atoms with E-state index in [-0.39, 0.29) is 18.9 Å². The highest BCUT2D eigenvalue weighted by Gasteiger charge is 2.27. The lowest BCUT2D eigenvalue weighted by Crippen LogP contribution is -2.46. The molecule has 0 aliphatic rings. The van der Waals surface area contributed by atoms with Crippen LogP contribution in [0.5, 0.6) is 0 Å². The highest BCUT2D eigenvalue weighted by molar-refractivity contribution is 9.10. The molecule has 110 valence electrons. The summed E-state index contributed by atoms with van der Waals surface area (Å²) in [5.74, 6) is -0.113. The molecule has 2 N–H and O–H groups in total. The molecule has 21 heavy (non-hydrogen) atoms. The summed E-state index contributed by atoms with van der Waals surface area (Å²) in [5.41, 5.74) is 1.05. The molecule has 0 aliphatic heterocycles. The summed E-state index contributed by atoms with van der Waals surface area (Å²) in [5, 5.41) is 12.6. The van der Waals surface area contributed by atoms with Crippen LogP contribution < -0.4 is 5.32 Å². The highest BCUT2D eigenvalue weighted by Crippen LogP contribution is 2.20. The van der Waals surface area contributed by atoms with Crippen molar-refractivity contribution < 1.29 is 9.90 Å². The lowest BCUT2D eigenvalue weighted by molar-refractivity contribution is -0.122. The zero-order chi connectivity index (χ0) is 15.3. The second-order valence-electron chi connectivity index (χ2n) is 5.21. The maximum Gasteiger partial charge on any atom is 0.225 e. The number of aliphatic hydroxyl groups excluding tert-OH is 1. The highest BCUT2D eigenvalue weighted by atomic mass is 79.9. The summed E-state index contributed by atoms with van der Waals surface area (Å²) in [4.78, 5) is 12.2. The van der Waals surface area contributed by atoms with Crippen LogP contribution in [0.1, 0.15) is 18.1 Å². The molecule has 1 unspecified atom stereocenters. The number of rotatable bonds is 5. The standard InChI is InChI=1S/C17H18BrNO2/c1-17(12-20,14-5-3-2-4-6-14)19-16(21)11-13-7-9-15(18)10-8-13/h2-10,20H,11-12H2,1H3,(H,19,21). The van der Waals surface area contributed by atoms with Gasteiger partial charge < -0.3 is 10.4 Å². The van der Waals surface area contributed by atoms with Crippen molar-refractivity contribution in [3.63, 3.8) is 0 Å². The Balaban J connectivity index is 2.08. The molecule has 0 spiro atoms. The second kappa shape index (κ2) is 6.87. The third-order valence-electron chi connectivity index (χ3n) is 3.42. The topological polar surface area (TPSA) is 49.3 Å². The summed E-state index contributed by atoms with van der Waals surface area (Å²) in [7, 11) is 0. The van der Waals surface area contributed by atoms with Gasteiger partial charge in [0, 0.05) is 4.47 Å². The van der Waals surface area contributed by atoms with Crippen LogP contribution in [-0.4, -0.2) is 17.6 Å². The van der Waals surface area contributed by atoms with Gasteiger partial charge in [0.15, 0.2) is 0 Å². The molecule has 0 aromatic heterocycles. The van der Waals surface area contributed by atoms with Crippen LogP contribution in [0, 0.1) is 0 Å². The first-order valence-corrected chi connectivity index (χ1v) is 7.55. The van der Waals surface area contributed by atoms with Crippen LogP contribution in [0.15, 0.2) is 59.1 Å². The van der Waals surface area contributed by atoms with Gasteiger partial charge in [-0.1, -0.05) is 58.4 Å². The minimum absolute atomic E-state index is 0.113. The van der Waals surface area contributed by atoms with E-state index in [1.165, 1.54) is 0 Å². The van der Waals surface area contributed by atoms with Crippen molar-refractivity contribution in [2.75, 3.05) is 6.61 Å². The Bertz CT molecular complexity index is 598. The summed E-state index contributed by atoms with van der Waals surface area (Å²) < 4.78 is 0.983. The molecule has 2 rings (SSSR count). The Labute approximate surface area is 133 Å². The van der Waals surface area contributed by atoms with Gasteiger partial charge in [-0.05, 0) is 30.2 Å². The molecule has 2 aromatic rings. The first-order valence-electron chi connectivity index (χ1n) is 6.75. The van der Waals surface area contributed by atoms with Crippen molar-refractivity contribution in [1.29, 1.82) is 0 Å². The third-order valence-corrected chi connectivity index (χ3v) is 3.95. The number of nitrogens with one attached hydrogen (secondary N) is 1. The van der Waals surface area contributed by atoms with E-state index < -0.39 is 5.54 Å². The predicted molar refractivity (Wildman–Crippen MR) is 86.9 cm³/mol. The van der Waals surface area contributed by atoms with Crippen molar-refractivity contribution in [1.82, 2.24) is 5.32 Å². The van der Waals surface area contributed by atoms with Gasteiger partial charge in [-0.3, -0.25) is 4.79 Å². The van der Waals surface area contributed by atoms with Crippen LogP contribution in [0.25, 0.3) is 0 Å². The quantitative estimate of drug-likeness (QED) is 0.873. The van der Waals surface area contributed by atoms with Gasteiger partial charge >= 0.3 is 0 Å². The molecule has 3 nitrogen and oxygen atoms in total. The number of halogens is 1. The summed E-state index contributed by atoms with van der Waals surface area (Å²) in [6.07, 6.45) is 0.287. The van der Waals surface area contributed by atoms with Crippen LogP contribution in [0.3, 0.4) is 0 Å². The number of carbonyl (C=O) groups is 1. The Morgan fingerprint density at radius 1 is 1.14 bits per heavy atom. The van der Waals surface area contributed by atoms with Crippen molar-refractivity contribution in [3.05, 3.63) is 70.2 Å². The third kappa shape index (κ3) is 4.16. The zero-order valence-corrected chi connectivity index (χ0v) is 13.4. The van der Waals surface area contributed by atoms with Crippen LogP contribution in [-0.2, 0) is 16.8 Å². The van der Waals surface area contributed by atoms with E-state index in [0.717, 1.165) is 15.6 Å². The van der Waals surface area contributed by atoms with Crippen molar-refractivity contribution in [3.8, 4) is 0 Å². The molecule has 1 atom stereocenters. The minimum atomic E-state index is -0.770. The fourth-order valence-corrected chi connectivity index (χ4v) is 2.41. The molecule has 0 saturated carbocycles. The number of carbonyl (C=O) groups excluding carboxylic acids is 1. The Morgan fingerprint density at radius 3 is 2.33 bits per heavy atom. The molecule has 0 heterocycles. The summed E-state index contributed by atoms with van der Waals surface area (Å²) in [6, 6.07) is 17.1. The van der Waals surface area contributed by atoms with Crippen molar-refractivity contribution in [2.45, 2.75) is 18.9 Å². The molecule has 0 aliphatic carbocycles. The van der Waals surface area contributed by atoms with Gasteiger partial charge in [0.05, 0.1) is 18.6 Å². The fourth-order valence-electron chi connectivity index (χ4n) is 2.15. The largest absolute Gasteiger partial charge is 0.394 e. The maximum atomic E-state index is 12.2. The van der Waals surface area contributed by atoms with Crippen LogP contribution in [0.2, 0.25) is 0 Å². The van der Waals surface area contributed by atoms with Gasteiger partial charge in [-0.25, -0.2) is 0 Å². The molecule has 1 amide bonds. The molecule has 0 fully saturated rings. The van der Waals surface area contributed by atoms with E-state index in [1.54, 1.807) is 0 Å². The SMILES string of the molecule is CC(CO)(NC(=O)Cc1ccc(Br)cc1)c1ccccc1. The zero-order valence-electron chi connectivity index (χ0n) is 11.8. The van der Waals surface area contributed by atoms with Gasteiger partial charge in [0.25, 0.3) is 0 Å².